The Kier molecular flexibility index (Phi) is 6.14. The van der Waals surface area contributed by atoms with Gasteiger partial charge in [-0.3, -0.25) is 9.59 Å². The van der Waals surface area contributed by atoms with E-state index in [1.165, 1.54) is 13.0 Å². The summed E-state index contributed by atoms with van der Waals surface area (Å²) in [7, 11) is 1.55. The summed E-state index contributed by atoms with van der Waals surface area (Å²) in [6.45, 7) is 3.14. The van der Waals surface area contributed by atoms with Crippen LogP contribution in [0.3, 0.4) is 0 Å². The molecule has 1 aromatic carbocycles. The number of carbonyl (C=O) groups is 2. The van der Waals surface area contributed by atoms with Crippen molar-refractivity contribution in [3.63, 3.8) is 0 Å². The molecule has 0 bridgehead atoms. The molecule has 0 aliphatic heterocycles. The Hall–Kier alpha value is -2.85. The molecule has 2 rings (SSSR count). The van der Waals surface area contributed by atoms with Gasteiger partial charge in [0.25, 0.3) is 0 Å². The van der Waals surface area contributed by atoms with Crippen molar-refractivity contribution in [3.05, 3.63) is 47.2 Å². The first-order valence-corrected chi connectivity index (χ1v) is 8.42. The standard InChI is InChI=1S/C18H17N3O3S/c1-11-16(12(2)22)7-13(9-19)18(20-11)25-10-17(23)21-14-5-4-6-15(8-14)24-3/h4-8H,10H2,1-3H3,(H,21,23). The summed E-state index contributed by atoms with van der Waals surface area (Å²) in [4.78, 5) is 27.9. The number of carbonyl (C=O) groups excluding carboxylic acids is 2. The predicted molar refractivity (Wildman–Crippen MR) is 96.0 cm³/mol. The maximum Gasteiger partial charge on any atom is 0.234 e. The largest absolute Gasteiger partial charge is 0.497 e. The van der Waals surface area contributed by atoms with Gasteiger partial charge in [-0.25, -0.2) is 4.98 Å². The fourth-order valence-corrected chi connectivity index (χ4v) is 2.96. The third-order valence-corrected chi connectivity index (χ3v) is 4.36. The number of hydrogen-bond donors (Lipinski definition) is 1. The number of nitrogens with one attached hydrogen (secondary N) is 1. The molecule has 0 atom stereocenters. The quantitative estimate of drug-likeness (QED) is 0.632. The van der Waals surface area contributed by atoms with Gasteiger partial charge >= 0.3 is 0 Å². The van der Waals surface area contributed by atoms with Gasteiger partial charge in [-0.15, -0.1) is 0 Å². The molecule has 0 radical (unpaired) electrons. The number of Topliss-reactive ketones (excluding diaryl/α,β-unsaturated/α-hetero) is 1. The summed E-state index contributed by atoms with van der Waals surface area (Å²) in [6.07, 6.45) is 0. The Morgan fingerprint density at radius 2 is 2.12 bits per heavy atom. The summed E-state index contributed by atoms with van der Waals surface area (Å²) < 4.78 is 5.11. The summed E-state index contributed by atoms with van der Waals surface area (Å²) >= 11 is 1.16. The molecule has 0 saturated carbocycles. The van der Waals surface area contributed by atoms with E-state index in [9.17, 15) is 14.9 Å². The van der Waals surface area contributed by atoms with Crippen LogP contribution in [0, 0.1) is 18.3 Å². The highest BCUT2D eigenvalue weighted by Gasteiger charge is 2.14. The highest BCUT2D eigenvalue weighted by atomic mass is 32.2. The third kappa shape index (κ3) is 4.81. The zero-order valence-electron chi connectivity index (χ0n) is 14.1. The summed E-state index contributed by atoms with van der Waals surface area (Å²) in [5.41, 5.74) is 1.88. The summed E-state index contributed by atoms with van der Waals surface area (Å²) in [6, 6.07) is 10.6. The van der Waals surface area contributed by atoms with Crippen LogP contribution in [0.2, 0.25) is 0 Å². The van der Waals surface area contributed by atoms with Gasteiger partial charge in [0, 0.05) is 23.0 Å². The molecule has 0 fully saturated rings. The van der Waals surface area contributed by atoms with E-state index in [1.807, 2.05) is 6.07 Å². The second-order valence-electron chi connectivity index (χ2n) is 5.21. The molecule has 1 heterocycles. The molecule has 1 N–H and O–H groups in total. The van der Waals surface area contributed by atoms with Crippen LogP contribution in [0.25, 0.3) is 0 Å². The van der Waals surface area contributed by atoms with E-state index in [2.05, 4.69) is 10.3 Å². The van der Waals surface area contributed by atoms with Gasteiger partial charge in [-0.2, -0.15) is 5.26 Å². The second-order valence-corrected chi connectivity index (χ2v) is 6.17. The zero-order chi connectivity index (χ0) is 18.4. The number of aryl methyl sites for hydroxylation is 1. The number of methoxy groups -OCH3 is 1. The van der Waals surface area contributed by atoms with Crippen molar-refractivity contribution in [1.82, 2.24) is 4.98 Å². The van der Waals surface area contributed by atoms with E-state index in [0.717, 1.165) is 11.8 Å². The molecule has 0 spiro atoms. The number of aromatic nitrogens is 1. The average molecular weight is 355 g/mol. The number of anilines is 1. The van der Waals surface area contributed by atoms with Crippen molar-refractivity contribution in [2.24, 2.45) is 0 Å². The molecule has 0 saturated heterocycles. The van der Waals surface area contributed by atoms with Crippen molar-refractivity contribution in [2.45, 2.75) is 18.9 Å². The maximum atomic E-state index is 12.1. The molecular formula is C18H17N3O3S. The van der Waals surface area contributed by atoms with Crippen molar-refractivity contribution in [1.29, 1.82) is 5.26 Å². The van der Waals surface area contributed by atoms with Crippen molar-refractivity contribution in [2.75, 3.05) is 18.2 Å². The number of benzene rings is 1. The first-order valence-electron chi connectivity index (χ1n) is 7.44. The first-order chi connectivity index (χ1) is 11.9. The van der Waals surface area contributed by atoms with Crippen molar-refractivity contribution >= 4 is 29.1 Å². The number of nitrogens with zero attached hydrogens (tertiary/aromatic N) is 2. The average Bonchev–Trinajstić information content (AvgIpc) is 2.59. The lowest BCUT2D eigenvalue weighted by molar-refractivity contribution is -0.113. The van der Waals surface area contributed by atoms with Crippen LogP contribution in [0.5, 0.6) is 5.75 Å². The van der Waals surface area contributed by atoms with Gasteiger partial charge in [0.05, 0.1) is 18.4 Å². The maximum absolute atomic E-state index is 12.1. The minimum absolute atomic E-state index is 0.0950. The second kappa shape index (κ2) is 8.31. The van der Waals surface area contributed by atoms with Gasteiger partial charge < -0.3 is 10.1 Å². The number of ketones is 1. The van der Waals surface area contributed by atoms with Gasteiger partial charge in [-0.05, 0) is 32.0 Å². The number of amides is 1. The van der Waals surface area contributed by atoms with Gasteiger partial charge in [0.15, 0.2) is 5.78 Å². The van der Waals surface area contributed by atoms with Crippen LogP contribution < -0.4 is 10.1 Å². The van der Waals surface area contributed by atoms with Crippen LogP contribution in [-0.2, 0) is 4.79 Å². The Labute approximate surface area is 150 Å². The number of ether oxygens (including phenoxy) is 1. The lowest BCUT2D eigenvalue weighted by Crippen LogP contribution is -2.14. The highest BCUT2D eigenvalue weighted by molar-refractivity contribution is 8.00. The Bertz CT molecular complexity index is 859. The van der Waals surface area contributed by atoms with E-state index in [1.54, 1.807) is 38.3 Å². The molecule has 2 aromatic rings. The fraction of sp³-hybridized carbons (Fsp3) is 0.222. The number of nitriles is 1. The minimum atomic E-state index is -0.225. The van der Waals surface area contributed by atoms with Crippen LogP contribution >= 0.6 is 11.8 Å². The first kappa shape index (κ1) is 18.5. The Balaban J connectivity index is 2.07. The van der Waals surface area contributed by atoms with E-state index >= 15 is 0 Å². The molecule has 128 valence electrons. The Morgan fingerprint density at radius 3 is 2.76 bits per heavy atom. The van der Waals surface area contributed by atoms with Gasteiger partial charge in [0.2, 0.25) is 5.91 Å². The summed E-state index contributed by atoms with van der Waals surface area (Å²) in [5, 5.41) is 12.4. The molecule has 1 aromatic heterocycles. The smallest absolute Gasteiger partial charge is 0.234 e. The molecule has 0 aliphatic carbocycles. The molecule has 0 aliphatic rings. The van der Waals surface area contributed by atoms with Crippen molar-refractivity contribution < 1.29 is 14.3 Å². The zero-order valence-corrected chi connectivity index (χ0v) is 14.9. The number of rotatable bonds is 6. The topological polar surface area (TPSA) is 92.1 Å². The monoisotopic (exact) mass is 355 g/mol. The van der Waals surface area contributed by atoms with E-state index in [-0.39, 0.29) is 23.0 Å². The number of thioether (sulfide) groups is 1. The molecule has 1 amide bonds. The van der Waals surface area contributed by atoms with Crippen LogP contribution in [0.1, 0.15) is 28.5 Å². The Morgan fingerprint density at radius 1 is 1.36 bits per heavy atom. The SMILES string of the molecule is COc1cccc(NC(=O)CSc2nc(C)c(C(C)=O)cc2C#N)c1. The van der Waals surface area contributed by atoms with Crippen LogP contribution in [-0.4, -0.2) is 29.5 Å². The lowest BCUT2D eigenvalue weighted by Gasteiger charge is -2.09. The van der Waals surface area contributed by atoms with Crippen LogP contribution in [0.15, 0.2) is 35.4 Å². The lowest BCUT2D eigenvalue weighted by atomic mass is 10.1. The third-order valence-electron chi connectivity index (χ3n) is 3.37. The van der Waals surface area contributed by atoms with E-state index in [0.29, 0.717) is 27.7 Å². The minimum Gasteiger partial charge on any atom is -0.497 e. The molecule has 0 unspecified atom stereocenters. The number of hydrogen-bond acceptors (Lipinski definition) is 6. The predicted octanol–water partition coefficient (Wildman–Crippen LogP) is 3.20. The van der Waals surface area contributed by atoms with Crippen molar-refractivity contribution in [3.8, 4) is 11.8 Å². The molecule has 25 heavy (non-hydrogen) atoms. The highest BCUT2D eigenvalue weighted by Crippen LogP contribution is 2.24. The normalized spacial score (nSPS) is 10.0. The van der Waals surface area contributed by atoms with Crippen LogP contribution in [0.4, 0.5) is 5.69 Å². The molecular weight excluding hydrogens is 338 g/mol. The number of pyridine rings is 1. The van der Waals surface area contributed by atoms with E-state index in [4.69, 9.17) is 4.74 Å². The molecule has 7 heteroatoms. The fourth-order valence-electron chi connectivity index (χ4n) is 2.16. The molecule has 6 nitrogen and oxygen atoms in total. The van der Waals surface area contributed by atoms with Gasteiger partial charge in [-0.1, -0.05) is 17.8 Å². The summed E-state index contributed by atoms with van der Waals surface area (Å²) in [5.74, 6) is 0.373. The van der Waals surface area contributed by atoms with Gasteiger partial charge in [0.1, 0.15) is 16.8 Å². The van der Waals surface area contributed by atoms with E-state index < -0.39 is 0 Å².